The van der Waals surface area contributed by atoms with Gasteiger partial charge in [-0.25, -0.2) is 0 Å². The van der Waals surface area contributed by atoms with E-state index in [0.29, 0.717) is 34.2 Å². The van der Waals surface area contributed by atoms with E-state index in [2.05, 4.69) is 5.32 Å². The van der Waals surface area contributed by atoms with Crippen molar-refractivity contribution in [3.05, 3.63) is 42.0 Å². The van der Waals surface area contributed by atoms with Crippen molar-refractivity contribution < 1.29 is 19.0 Å². The number of hydrogen-bond donors (Lipinski definition) is 2. The number of amides is 1. The number of fused-ring (bicyclic) bond motifs is 1. The molecule has 0 saturated heterocycles. The fourth-order valence-electron chi connectivity index (χ4n) is 2.03. The Morgan fingerprint density at radius 1 is 1.19 bits per heavy atom. The second-order valence-electron chi connectivity index (χ2n) is 4.48. The number of rotatable bonds is 3. The Bertz CT molecular complexity index is 700. The Morgan fingerprint density at radius 2 is 2.00 bits per heavy atom. The molecule has 0 saturated carbocycles. The molecule has 0 unspecified atom stereocenters. The van der Waals surface area contributed by atoms with Crippen LogP contribution in [0, 0.1) is 0 Å². The molecule has 108 valence electrons. The number of benzene rings is 2. The number of hydrogen-bond acceptors (Lipinski definition) is 5. The van der Waals surface area contributed by atoms with Crippen molar-refractivity contribution in [2.45, 2.75) is 0 Å². The predicted octanol–water partition coefficient (Wildman–Crippen LogP) is 2.26. The molecular weight excluding hydrogens is 272 g/mol. The number of nitrogen functional groups attached to an aromatic ring is 1. The third-order valence-corrected chi connectivity index (χ3v) is 3.13. The highest BCUT2D eigenvalue weighted by atomic mass is 16.7. The monoisotopic (exact) mass is 286 g/mol. The molecule has 0 aromatic heterocycles. The maximum Gasteiger partial charge on any atom is 0.255 e. The molecule has 0 aliphatic carbocycles. The molecule has 1 amide bonds. The molecule has 3 N–H and O–H groups in total. The molecule has 6 nitrogen and oxygen atoms in total. The van der Waals surface area contributed by atoms with Crippen molar-refractivity contribution in [1.82, 2.24) is 0 Å². The lowest BCUT2D eigenvalue weighted by molar-refractivity contribution is 0.102. The molecule has 6 heteroatoms. The van der Waals surface area contributed by atoms with Crippen LogP contribution >= 0.6 is 0 Å². The Hall–Kier alpha value is -2.89. The molecule has 0 spiro atoms. The highest BCUT2D eigenvalue weighted by molar-refractivity contribution is 6.05. The minimum absolute atomic E-state index is 0.196. The Kier molecular flexibility index (Phi) is 3.27. The summed E-state index contributed by atoms with van der Waals surface area (Å²) >= 11 is 0. The molecule has 1 heterocycles. The van der Waals surface area contributed by atoms with Crippen LogP contribution in [0.2, 0.25) is 0 Å². The maximum atomic E-state index is 12.2. The zero-order valence-electron chi connectivity index (χ0n) is 11.4. The first-order chi connectivity index (χ1) is 10.2. The average molecular weight is 286 g/mol. The van der Waals surface area contributed by atoms with E-state index in [0.717, 1.165) is 0 Å². The highest BCUT2D eigenvalue weighted by Gasteiger charge is 2.15. The van der Waals surface area contributed by atoms with Crippen molar-refractivity contribution in [3.63, 3.8) is 0 Å². The molecule has 0 atom stereocenters. The fraction of sp³-hybridized carbons (Fsp3) is 0.133. The SMILES string of the molecule is COc1cc(C(=O)Nc2ccc3c(c2)OCO3)ccc1N. The normalized spacial score (nSPS) is 12.0. The minimum atomic E-state index is -0.257. The third kappa shape index (κ3) is 2.55. The Balaban J connectivity index is 1.80. The van der Waals surface area contributed by atoms with Crippen LogP contribution in [0.1, 0.15) is 10.4 Å². The van der Waals surface area contributed by atoms with Gasteiger partial charge in [0.15, 0.2) is 11.5 Å². The minimum Gasteiger partial charge on any atom is -0.495 e. The van der Waals surface area contributed by atoms with Crippen LogP contribution in [0.15, 0.2) is 36.4 Å². The predicted molar refractivity (Wildman–Crippen MR) is 77.9 cm³/mol. The summed E-state index contributed by atoms with van der Waals surface area (Å²) in [4.78, 5) is 12.2. The smallest absolute Gasteiger partial charge is 0.255 e. The first-order valence-corrected chi connectivity index (χ1v) is 6.32. The number of ether oxygens (including phenoxy) is 3. The van der Waals surface area contributed by atoms with E-state index in [4.69, 9.17) is 19.9 Å². The maximum absolute atomic E-state index is 12.2. The molecule has 1 aliphatic heterocycles. The second-order valence-corrected chi connectivity index (χ2v) is 4.48. The number of anilines is 2. The van der Waals surface area contributed by atoms with Gasteiger partial charge in [-0.2, -0.15) is 0 Å². The highest BCUT2D eigenvalue weighted by Crippen LogP contribution is 2.34. The molecule has 3 rings (SSSR count). The molecule has 1 aliphatic rings. The summed E-state index contributed by atoms with van der Waals surface area (Å²) in [5, 5.41) is 2.79. The van der Waals surface area contributed by atoms with Gasteiger partial charge >= 0.3 is 0 Å². The summed E-state index contributed by atoms with van der Waals surface area (Å²) in [6.45, 7) is 0.196. The first-order valence-electron chi connectivity index (χ1n) is 6.32. The van der Waals surface area contributed by atoms with Gasteiger partial charge in [-0.3, -0.25) is 4.79 Å². The molecule has 2 aromatic carbocycles. The number of nitrogens with one attached hydrogen (secondary N) is 1. The van der Waals surface area contributed by atoms with Gasteiger partial charge in [-0.1, -0.05) is 0 Å². The number of carbonyl (C=O) groups excluding carboxylic acids is 1. The van der Waals surface area contributed by atoms with Gasteiger partial charge in [0, 0.05) is 17.3 Å². The van der Waals surface area contributed by atoms with Gasteiger partial charge in [0.05, 0.1) is 12.8 Å². The van der Waals surface area contributed by atoms with E-state index in [1.165, 1.54) is 7.11 Å². The van der Waals surface area contributed by atoms with Crippen LogP contribution in [0.3, 0.4) is 0 Å². The summed E-state index contributed by atoms with van der Waals surface area (Å²) < 4.78 is 15.6. The van der Waals surface area contributed by atoms with E-state index in [9.17, 15) is 4.79 Å². The van der Waals surface area contributed by atoms with E-state index in [-0.39, 0.29) is 12.7 Å². The van der Waals surface area contributed by atoms with Crippen LogP contribution in [0.5, 0.6) is 17.2 Å². The zero-order chi connectivity index (χ0) is 14.8. The standard InChI is InChI=1S/C15H14N2O4/c1-19-13-6-9(2-4-11(13)16)15(18)17-10-3-5-12-14(7-10)21-8-20-12/h2-7H,8,16H2,1H3,(H,17,18). The molecule has 0 radical (unpaired) electrons. The van der Waals surface area contributed by atoms with Crippen LogP contribution in [0.25, 0.3) is 0 Å². The van der Waals surface area contributed by atoms with Crippen LogP contribution < -0.4 is 25.3 Å². The average Bonchev–Trinajstić information content (AvgIpc) is 2.95. The second kappa shape index (κ2) is 5.24. The Morgan fingerprint density at radius 3 is 2.81 bits per heavy atom. The van der Waals surface area contributed by atoms with E-state index < -0.39 is 0 Å². The first kappa shape index (κ1) is 13.1. The lowest BCUT2D eigenvalue weighted by atomic mass is 10.1. The van der Waals surface area contributed by atoms with Crippen molar-refractivity contribution in [3.8, 4) is 17.2 Å². The summed E-state index contributed by atoms with van der Waals surface area (Å²) in [7, 11) is 1.51. The van der Waals surface area contributed by atoms with Crippen LogP contribution in [-0.2, 0) is 0 Å². The molecule has 0 bridgehead atoms. The topological polar surface area (TPSA) is 82.8 Å². The molecule has 2 aromatic rings. The zero-order valence-corrected chi connectivity index (χ0v) is 11.4. The van der Waals surface area contributed by atoms with Crippen LogP contribution in [0.4, 0.5) is 11.4 Å². The molecule has 0 fully saturated rings. The van der Waals surface area contributed by atoms with Gasteiger partial charge in [0.1, 0.15) is 5.75 Å². The summed E-state index contributed by atoms with van der Waals surface area (Å²) in [5.41, 5.74) is 7.29. The molecular formula is C15H14N2O4. The number of carbonyl (C=O) groups is 1. The van der Waals surface area contributed by atoms with Gasteiger partial charge in [-0.15, -0.1) is 0 Å². The van der Waals surface area contributed by atoms with Crippen molar-refractivity contribution in [2.75, 3.05) is 25.0 Å². The van der Waals surface area contributed by atoms with Gasteiger partial charge in [-0.05, 0) is 30.3 Å². The van der Waals surface area contributed by atoms with Crippen molar-refractivity contribution >= 4 is 17.3 Å². The van der Waals surface area contributed by atoms with E-state index >= 15 is 0 Å². The van der Waals surface area contributed by atoms with Gasteiger partial charge < -0.3 is 25.3 Å². The van der Waals surface area contributed by atoms with E-state index in [1.54, 1.807) is 36.4 Å². The van der Waals surface area contributed by atoms with E-state index in [1.807, 2.05) is 0 Å². The number of methoxy groups -OCH3 is 1. The van der Waals surface area contributed by atoms with Crippen molar-refractivity contribution in [2.24, 2.45) is 0 Å². The Labute approximate surface area is 121 Å². The molecule has 21 heavy (non-hydrogen) atoms. The van der Waals surface area contributed by atoms with Gasteiger partial charge in [0.2, 0.25) is 6.79 Å². The lowest BCUT2D eigenvalue weighted by Crippen LogP contribution is -2.12. The largest absolute Gasteiger partial charge is 0.495 e. The lowest BCUT2D eigenvalue weighted by Gasteiger charge is -2.09. The summed E-state index contributed by atoms with van der Waals surface area (Å²) in [6.07, 6.45) is 0. The van der Waals surface area contributed by atoms with Crippen molar-refractivity contribution in [1.29, 1.82) is 0 Å². The number of nitrogens with two attached hydrogens (primary N) is 1. The van der Waals surface area contributed by atoms with Crippen LogP contribution in [-0.4, -0.2) is 19.8 Å². The quantitative estimate of drug-likeness (QED) is 0.846. The summed E-state index contributed by atoms with van der Waals surface area (Å²) in [6, 6.07) is 10.1. The van der Waals surface area contributed by atoms with Gasteiger partial charge in [0.25, 0.3) is 5.91 Å². The summed E-state index contributed by atoms with van der Waals surface area (Å²) in [5.74, 6) is 1.49. The third-order valence-electron chi connectivity index (χ3n) is 3.13. The fourth-order valence-corrected chi connectivity index (χ4v) is 2.03.